The fourth-order valence-electron chi connectivity index (χ4n) is 3.23. The summed E-state index contributed by atoms with van der Waals surface area (Å²) < 4.78 is 27.0. The molecular formula is C19H17FN6O2. The molecule has 1 aliphatic heterocycles. The van der Waals surface area contributed by atoms with Gasteiger partial charge in [0.1, 0.15) is 23.7 Å². The first-order valence-corrected chi connectivity index (χ1v) is 8.59. The summed E-state index contributed by atoms with van der Waals surface area (Å²) in [4.78, 5) is 8.60. The van der Waals surface area contributed by atoms with E-state index in [-0.39, 0.29) is 30.7 Å². The highest BCUT2D eigenvalue weighted by Crippen LogP contribution is 2.32. The zero-order valence-electron chi connectivity index (χ0n) is 15.3. The van der Waals surface area contributed by atoms with Crippen molar-refractivity contribution in [2.45, 2.75) is 26.2 Å². The van der Waals surface area contributed by atoms with Crippen molar-refractivity contribution < 1.29 is 13.9 Å². The maximum absolute atomic E-state index is 13.8. The molecule has 8 nitrogen and oxygen atoms in total. The van der Waals surface area contributed by atoms with Crippen molar-refractivity contribution in [2.75, 3.05) is 5.73 Å². The molecule has 1 atom stereocenters. The predicted molar refractivity (Wildman–Crippen MR) is 97.3 cm³/mol. The summed E-state index contributed by atoms with van der Waals surface area (Å²) in [6.07, 6.45) is 0.928. The van der Waals surface area contributed by atoms with Crippen LogP contribution in [-0.4, -0.2) is 19.7 Å². The number of rotatable bonds is 0. The molecular weight excluding hydrogens is 363 g/mol. The monoisotopic (exact) mass is 380 g/mol. The number of hydrogen-bond donors (Lipinski definition) is 1. The normalized spacial score (nSPS) is 16.0. The number of benzene rings is 1. The first-order valence-electron chi connectivity index (χ1n) is 8.59. The molecule has 9 heteroatoms. The maximum Gasteiger partial charge on any atom is 0.258 e. The summed E-state index contributed by atoms with van der Waals surface area (Å²) in [6.45, 7) is 2.16. The summed E-state index contributed by atoms with van der Waals surface area (Å²) in [7, 11) is 1.67. The Balaban J connectivity index is 1.90. The van der Waals surface area contributed by atoms with Gasteiger partial charge in [0.25, 0.3) is 5.88 Å². The van der Waals surface area contributed by atoms with Gasteiger partial charge in [0.05, 0.1) is 36.4 Å². The number of aromatic nitrogens is 4. The minimum atomic E-state index is -0.538. The molecule has 3 aromatic rings. The second kappa shape index (κ2) is 6.90. The molecule has 3 heterocycles. The Hall–Kier alpha value is -3.51. The number of ether oxygens (including phenoxy) is 2. The van der Waals surface area contributed by atoms with Crippen LogP contribution in [0.1, 0.15) is 35.5 Å². The number of hydrogen-bond acceptors (Lipinski definition) is 7. The predicted octanol–water partition coefficient (Wildman–Crippen LogP) is 2.64. The van der Waals surface area contributed by atoms with Crippen molar-refractivity contribution in [3.63, 3.8) is 0 Å². The van der Waals surface area contributed by atoms with Gasteiger partial charge in [-0.05, 0) is 24.6 Å². The fraction of sp³-hybridized carbons (Fsp3) is 0.263. The molecule has 1 aromatic carbocycles. The lowest BCUT2D eigenvalue weighted by Crippen LogP contribution is -2.12. The van der Waals surface area contributed by atoms with Gasteiger partial charge in [-0.1, -0.05) is 6.07 Å². The third kappa shape index (κ3) is 3.04. The number of halogens is 1. The van der Waals surface area contributed by atoms with Crippen molar-refractivity contribution in [2.24, 2.45) is 7.05 Å². The third-order valence-electron chi connectivity index (χ3n) is 4.58. The van der Waals surface area contributed by atoms with Gasteiger partial charge in [0.2, 0.25) is 0 Å². The number of anilines is 1. The van der Waals surface area contributed by atoms with Crippen LogP contribution < -0.4 is 10.5 Å². The van der Waals surface area contributed by atoms with Crippen molar-refractivity contribution in [3.8, 4) is 23.2 Å². The zero-order chi connectivity index (χ0) is 19.8. The lowest BCUT2D eigenvalue weighted by Gasteiger charge is -2.20. The molecule has 0 amide bonds. The molecule has 2 bridgehead atoms. The van der Waals surface area contributed by atoms with Crippen molar-refractivity contribution in [3.05, 3.63) is 52.7 Å². The quantitative estimate of drug-likeness (QED) is 0.638. The minimum absolute atomic E-state index is 0.103. The number of nitrogen functional groups attached to an aromatic ring is 1. The molecule has 0 aliphatic carbocycles. The highest BCUT2D eigenvalue weighted by molar-refractivity contribution is 5.69. The molecule has 0 fully saturated rings. The molecule has 142 valence electrons. The van der Waals surface area contributed by atoms with E-state index in [0.29, 0.717) is 28.2 Å². The number of aryl methyl sites for hydroxylation is 1. The zero-order valence-corrected chi connectivity index (χ0v) is 15.3. The van der Waals surface area contributed by atoms with Gasteiger partial charge in [0, 0.05) is 12.6 Å². The number of nitrogens with two attached hydrogens (primary N) is 1. The maximum atomic E-state index is 13.8. The smallest absolute Gasteiger partial charge is 0.258 e. The van der Waals surface area contributed by atoms with Gasteiger partial charge in [-0.25, -0.2) is 14.4 Å². The third-order valence-corrected chi connectivity index (χ3v) is 4.58. The second-order valence-corrected chi connectivity index (χ2v) is 6.45. The summed E-state index contributed by atoms with van der Waals surface area (Å²) in [5, 5.41) is 13.9. The van der Waals surface area contributed by atoms with Crippen LogP contribution in [0.2, 0.25) is 0 Å². The molecule has 0 spiro atoms. The van der Waals surface area contributed by atoms with Gasteiger partial charge in [-0.2, -0.15) is 10.4 Å². The van der Waals surface area contributed by atoms with Crippen LogP contribution in [0.3, 0.4) is 0 Å². The fourth-order valence-corrected chi connectivity index (χ4v) is 3.23. The molecule has 0 saturated carbocycles. The Labute approximate surface area is 160 Å². The number of nitrogens with zero attached hydrogens (tertiary/aromatic N) is 5. The summed E-state index contributed by atoms with van der Waals surface area (Å²) in [5.74, 6) is -0.161. The van der Waals surface area contributed by atoms with Gasteiger partial charge in [0.15, 0.2) is 5.82 Å². The molecule has 2 aromatic heterocycles. The van der Waals surface area contributed by atoms with E-state index in [1.165, 1.54) is 23.0 Å². The first kappa shape index (κ1) is 17.9. The van der Waals surface area contributed by atoms with E-state index < -0.39 is 6.10 Å². The van der Waals surface area contributed by atoms with E-state index in [9.17, 15) is 9.65 Å². The Morgan fingerprint density at radius 2 is 2.18 bits per heavy atom. The minimum Gasteiger partial charge on any atom is -0.467 e. The SMILES string of the molecule is CC1Oc2nc(cnc2N)-c2c(nn(C)c2C#N)COCc2ccc(F)cc21. The van der Waals surface area contributed by atoms with Crippen LogP contribution in [0.25, 0.3) is 11.3 Å². The summed E-state index contributed by atoms with van der Waals surface area (Å²) >= 11 is 0. The average Bonchev–Trinajstić information content (AvgIpc) is 2.99. The lowest BCUT2D eigenvalue weighted by molar-refractivity contribution is 0.101. The molecule has 1 aliphatic rings. The van der Waals surface area contributed by atoms with Gasteiger partial charge >= 0.3 is 0 Å². The Kier molecular flexibility index (Phi) is 4.41. The van der Waals surface area contributed by atoms with Crippen LogP contribution in [0.15, 0.2) is 24.4 Å². The molecule has 0 saturated heterocycles. The highest BCUT2D eigenvalue weighted by atomic mass is 19.1. The topological polar surface area (TPSA) is 112 Å². The standard InChI is InChI=1S/C19H17FN6O2/c1-10-13-5-12(20)4-3-11(13)8-27-9-15-17(16(6-21)26(2)25-15)14-7-23-18(22)19(24-14)28-10/h3-5,7,10H,8-9H2,1-2H3,(H2,22,23). The van der Waals surface area contributed by atoms with E-state index in [0.717, 1.165) is 5.56 Å². The van der Waals surface area contributed by atoms with E-state index in [1.807, 2.05) is 0 Å². The Morgan fingerprint density at radius 3 is 2.96 bits per heavy atom. The van der Waals surface area contributed by atoms with Gasteiger partial charge in [-0.15, -0.1) is 0 Å². The van der Waals surface area contributed by atoms with Gasteiger partial charge < -0.3 is 15.2 Å². The highest BCUT2D eigenvalue weighted by Gasteiger charge is 2.23. The molecule has 1 unspecified atom stereocenters. The molecule has 2 N–H and O–H groups in total. The average molecular weight is 380 g/mol. The Morgan fingerprint density at radius 1 is 1.36 bits per heavy atom. The van der Waals surface area contributed by atoms with E-state index in [4.69, 9.17) is 15.2 Å². The van der Waals surface area contributed by atoms with E-state index in [1.54, 1.807) is 20.0 Å². The van der Waals surface area contributed by atoms with E-state index in [2.05, 4.69) is 21.1 Å². The van der Waals surface area contributed by atoms with Crippen LogP contribution in [0, 0.1) is 17.1 Å². The van der Waals surface area contributed by atoms with Crippen LogP contribution >= 0.6 is 0 Å². The Bertz CT molecular complexity index is 1100. The van der Waals surface area contributed by atoms with Crippen molar-refractivity contribution in [1.29, 1.82) is 5.26 Å². The second-order valence-electron chi connectivity index (χ2n) is 6.45. The largest absolute Gasteiger partial charge is 0.467 e. The summed E-state index contributed by atoms with van der Waals surface area (Å²) in [5.41, 5.74) is 9.14. The molecule has 28 heavy (non-hydrogen) atoms. The van der Waals surface area contributed by atoms with E-state index >= 15 is 0 Å². The van der Waals surface area contributed by atoms with Crippen molar-refractivity contribution in [1.82, 2.24) is 19.7 Å². The molecule has 0 radical (unpaired) electrons. The molecule has 4 rings (SSSR count). The lowest BCUT2D eigenvalue weighted by atomic mass is 10.0. The van der Waals surface area contributed by atoms with Gasteiger partial charge in [-0.3, -0.25) is 4.68 Å². The van der Waals surface area contributed by atoms with Crippen LogP contribution in [0.5, 0.6) is 5.88 Å². The first-order chi connectivity index (χ1) is 13.5. The summed E-state index contributed by atoms with van der Waals surface area (Å²) in [6, 6.07) is 6.56. The van der Waals surface area contributed by atoms with Crippen LogP contribution in [0.4, 0.5) is 10.2 Å². The van der Waals surface area contributed by atoms with Crippen molar-refractivity contribution >= 4 is 5.82 Å². The number of nitriles is 1. The number of fused-ring (bicyclic) bond motifs is 5. The van der Waals surface area contributed by atoms with Crippen LogP contribution in [-0.2, 0) is 25.0 Å².